The van der Waals surface area contributed by atoms with Gasteiger partial charge in [-0.05, 0) is 36.5 Å². The average Bonchev–Trinajstić information content (AvgIpc) is 2.46. The lowest BCUT2D eigenvalue weighted by Gasteiger charge is -2.25. The van der Waals surface area contributed by atoms with E-state index in [9.17, 15) is 14.7 Å². The van der Waals surface area contributed by atoms with Gasteiger partial charge in [0.2, 0.25) is 0 Å². The molecular weight excluding hydrogens is 296 g/mol. The van der Waals surface area contributed by atoms with Gasteiger partial charge in [0, 0.05) is 6.54 Å². The van der Waals surface area contributed by atoms with Gasteiger partial charge in [0.25, 0.3) is 0 Å². The number of nitrogens with one attached hydrogen (secondary N) is 2. The fourth-order valence-electron chi connectivity index (χ4n) is 1.93. The number of aliphatic hydroxyl groups excluding tert-OH is 1. The van der Waals surface area contributed by atoms with Crippen molar-refractivity contribution >= 4 is 17.5 Å². The summed E-state index contributed by atoms with van der Waals surface area (Å²) in [6.07, 6.45) is -0.168. The van der Waals surface area contributed by atoms with Crippen LogP contribution in [-0.2, 0) is 9.59 Å². The van der Waals surface area contributed by atoms with Crippen LogP contribution in [0.4, 0.5) is 5.69 Å². The number of methoxy groups -OCH3 is 1. The van der Waals surface area contributed by atoms with E-state index in [1.165, 1.54) is 7.11 Å². The van der Waals surface area contributed by atoms with Crippen molar-refractivity contribution in [2.24, 2.45) is 5.41 Å². The molecule has 0 aliphatic rings. The van der Waals surface area contributed by atoms with Crippen molar-refractivity contribution in [2.45, 2.75) is 40.2 Å². The van der Waals surface area contributed by atoms with Crippen molar-refractivity contribution in [3.63, 3.8) is 0 Å². The highest BCUT2D eigenvalue weighted by atomic mass is 16.5. The van der Waals surface area contributed by atoms with E-state index in [0.717, 1.165) is 5.56 Å². The smallest absolute Gasteiger partial charge is 0.313 e. The molecule has 2 amide bonds. The molecule has 6 heteroatoms. The van der Waals surface area contributed by atoms with Gasteiger partial charge in [-0.25, -0.2) is 0 Å². The Hall–Kier alpha value is -2.08. The topological polar surface area (TPSA) is 87.7 Å². The van der Waals surface area contributed by atoms with Gasteiger partial charge in [-0.2, -0.15) is 0 Å². The van der Waals surface area contributed by atoms with Crippen LogP contribution in [0.5, 0.6) is 5.75 Å². The molecule has 0 bridgehead atoms. The maximum atomic E-state index is 11.9. The predicted octanol–water partition coefficient (Wildman–Crippen LogP) is 1.86. The van der Waals surface area contributed by atoms with Gasteiger partial charge in [0.1, 0.15) is 5.75 Å². The lowest BCUT2D eigenvalue weighted by molar-refractivity contribution is -0.136. The van der Waals surface area contributed by atoms with Crippen LogP contribution < -0.4 is 15.4 Å². The van der Waals surface area contributed by atoms with Crippen molar-refractivity contribution in [1.29, 1.82) is 0 Å². The SMILES string of the molecule is COc1ccc(C)cc1NC(=O)C(=O)NCCC(O)C(C)(C)C. The van der Waals surface area contributed by atoms with E-state index in [1.807, 2.05) is 33.8 Å². The lowest BCUT2D eigenvalue weighted by Crippen LogP contribution is -2.38. The molecule has 1 atom stereocenters. The van der Waals surface area contributed by atoms with Gasteiger partial charge in [0.15, 0.2) is 0 Å². The number of hydrogen-bond donors (Lipinski definition) is 3. The van der Waals surface area contributed by atoms with Gasteiger partial charge in [-0.3, -0.25) is 9.59 Å². The van der Waals surface area contributed by atoms with E-state index in [-0.39, 0.29) is 12.0 Å². The maximum absolute atomic E-state index is 11.9. The first-order valence-corrected chi connectivity index (χ1v) is 7.57. The molecule has 1 rings (SSSR count). The summed E-state index contributed by atoms with van der Waals surface area (Å²) in [6, 6.07) is 5.30. The highest BCUT2D eigenvalue weighted by Crippen LogP contribution is 2.25. The van der Waals surface area contributed by atoms with Crippen LogP contribution in [0.1, 0.15) is 32.8 Å². The predicted molar refractivity (Wildman–Crippen MR) is 89.4 cm³/mol. The minimum absolute atomic E-state index is 0.232. The van der Waals surface area contributed by atoms with E-state index in [2.05, 4.69) is 10.6 Å². The van der Waals surface area contributed by atoms with Gasteiger partial charge in [-0.1, -0.05) is 26.8 Å². The monoisotopic (exact) mass is 322 g/mol. The molecule has 128 valence electrons. The molecule has 0 spiro atoms. The van der Waals surface area contributed by atoms with Gasteiger partial charge in [0.05, 0.1) is 18.9 Å². The number of carbonyl (C=O) groups excluding carboxylic acids is 2. The second kappa shape index (κ2) is 7.97. The summed E-state index contributed by atoms with van der Waals surface area (Å²) in [5.41, 5.74) is 1.12. The molecule has 0 saturated heterocycles. The minimum Gasteiger partial charge on any atom is -0.495 e. The molecule has 0 aromatic heterocycles. The number of rotatable bonds is 5. The highest BCUT2D eigenvalue weighted by Gasteiger charge is 2.22. The number of hydrogen-bond acceptors (Lipinski definition) is 4. The lowest BCUT2D eigenvalue weighted by atomic mass is 9.87. The minimum atomic E-state index is -0.765. The Morgan fingerprint density at radius 3 is 2.48 bits per heavy atom. The summed E-state index contributed by atoms with van der Waals surface area (Å²) in [4.78, 5) is 23.7. The molecule has 0 aliphatic carbocycles. The molecule has 0 radical (unpaired) electrons. The number of benzene rings is 1. The second-order valence-corrected chi connectivity index (χ2v) is 6.58. The van der Waals surface area contributed by atoms with E-state index in [1.54, 1.807) is 12.1 Å². The van der Waals surface area contributed by atoms with Gasteiger partial charge in [-0.15, -0.1) is 0 Å². The van der Waals surface area contributed by atoms with Crippen LogP contribution in [0.2, 0.25) is 0 Å². The van der Waals surface area contributed by atoms with Crippen LogP contribution in [0, 0.1) is 12.3 Å². The molecule has 0 saturated carbocycles. The van der Waals surface area contributed by atoms with Crippen molar-refractivity contribution in [3.05, 3.63) is 23.8 Å². The molecule has 0 aliphatic heterocycles. The van der Waals surface area contributed by atoms with Crippen LogP contribution in [0.15, 0.2) is 18.2 Å². The largest absolute Gasteiger partial charge is 0.495 e. The maximum Gasteiger partial charge on any atom is 0.313 e. The Kier molecular flexibility index (Phi) is 6.57. The Bertz CT molecular complexity index is 564. The van der Waals surface area contributed by atoms with Gasteiger partial charge >= 0.3 is 11.8 Å². The van der Waals surface area contributed by atoms with Crippen LogP contribution in [0.3, 0.4) is 0 Å². The van der Waals surface area contributed by atoms with E-state index < -0.39 is 17.9 Å². The standard InChI is InChI=1S/C17H26N2O4/c1-11-6-7-13(23-5)12(10-11)19-16(22)15(21)18-9-8-14(20)17(2,3)4/h6-7,10,14,20H,8-9H2,1-5H3,(H,18,21)(H,19,22). The molecule has 3 N–H and O–H groups in total. The summed E-state index contributed by atoms with van der Waals surface area (Å²) in [7, 11) is 1.49. The summed E-state index contributed by atoms with van der Waals surface area (Å²) in [5, 5.41) is 14.9. The molecule has 0 fully saturated rings. The summed E-state index contributed by atoms with van der Waals surface area (Å²) in [5.74, 6) is -1.02. The number of carbonyl (C=O) groups is 2. The van der Waals surface area contributed by atoms with Crippen LogP contribution >= 0.6 is 0 Å². The quantitative estimate of drug-likeness (QED) is 0.722. The number of aryl methyl sites for hydroxylation is 1. The first-order chi connectivity index (χ1) is 10.6. The number of amides is 2. The summed E-state index contributed by atoms with van der Waals surface area (Å²) < 4.78 is 5.15. The zero-order valence-corrected chi connectivity index (χ0v) is 14.4. The third-order valence-electron chi connectivity index (χ3n) is 3.51. The Morgan fingerprint density at radius 2 is 1.91 bits per heavy atom. The number of anilines is 1. The Labute approximate surface area is 137 Å². The second-order valence-electron chi connectivity index (χ2n) is 6.58. The van der Waals surface area contributed by atoms with Crippen molar-refractivity contribution < 1.29 is 19.4 Å². The molecule has 6 nitrogen and oxygen atoms in total. The average molecular weight is 322 g/mol. The Balaban J connectivity index is 2.55. The molecule has 1 unspecified atom stereocenters. The third-order valence-corrected chi connectivity index (χ3v) is 3.51. The van der Waals surface area contributed by atoms with Crippen LogP contribution in [-0.4, -0.2) is 36.7 Å². The molecule has 1 aromatic rings. The first kappa shape index (κ1) is 19.0. The normalized spacial score (nSPS) is 12.4. The number of aliphatic hydroxyl groups is 1. The first-order valence-electron chi connectivity index (χ1n) is 7.57. The van der Waals surface area contributed by atoms with Crippen molar-refractivity contribution in [2.75, 3.05) is 19.0 Å². The number of ether oxygens (including phenoxy) is 1. The van der Waals surface area contributed by atoms with Gasteiger partial charge < -0.3 is 20.5 Å². The van der Waals surface area contributed by atoms with Crippen molar-refractivity contribution in [1.82, 2.24) is 5.32 Å². The van der Waals surface area contributed by atoms with E-state index in [0.29, 0.717) is 17.9 Å². The fourth-order valence-corrected chi connectivity index (χ4v) is 1.93. The van der Waals surface area contributed by atoms with E-state index in [4.69, 9.17) is 4.74 Å². The van der Waals surface area contributed by atoms with E-state index >= 15 is 0 Å². The Morgan fingerprint density at radius 1 is 1.26 bits per heavy atom. The molecular formula is C17H26N2O4. The van der Waals surface area contributed by atoms with Crippen molar-refractivity contribution in [3.8, 4) is 5.75 Å². The van der Waals surface area contributed by atoms with Crippen LogP contribution in [0.25, 0.3) is 0 Å². The zero-order chi connectivity index (χ0) is 17.6. The third kappa shape index (κ3) is 5.90. The zero-order valence-electron chi connectivity index (χ0n) is 14.4. The molecule has 0 heterocycles. The molecule has 1 aromatic carbocycles. The molecule has 23 heavy (non-hydrogen) atoms. The summed E-state index contributed by atoms with van der Waals surface area (Å²) in [6.45, 7) is 7.85. The highest BCUT2D eigenvalue weighted by molar-refractivity contribution is 6.39. The summed E-state index contributed by atoms with van der Waals surface area (Å²) >= 11 is 0. The fraction of sp³-hybridized carbons (Fsp3) is 0.529.